The molecule has 0 amide bonds. The minimum absolute atomic E-state index is 0.708. The van der Waals surface area contributed by atoms with Gasteiger partial charge in [0.25, 0.3) is 0 Å². The van der Waals surface area contributed by atoms with Gasteiger partial charge in [-0.25, -0.2) is 29.9 Å². The minimum Gasteiger partial charge on any atom is -0.456 e. The fourth-order valence-electron chi connectivity index (χ4n) is 21.1. The van der Waals surface area contributed by atoms with Crippen molar-refractivity contribution >= 4 is 206 Å². The molecule has 0 aliphatic rings. The topological polar surface area (TPSA) is 104 Å². The first-order valence-corrected chi connectivity index (χ1v) is 45.5. The van der Waals surface area contributed by atoms with E-state index in [9.17, 15) is 0 Å². The molecule has 620 valence electrons. The van der Waals surface area contributed by atoms with Crippen molar-refractivity contribution in [3.05, 3.63) is 449 Å². The Morgan fingerprint density at radius 2 is 0.448 bits per heavy atom. The van der Waals surface area contributed by atoms with Gasteiger partial charge in [-0.3, -0.25) is 0 Å². The molecule has 8 heteroatoms. The van der Waals surface area contributed by atoms with Crippen molar-refractivity contribution < 1.29 is 8.83 Å². The summed E-state index contributed by atoms with van der Waals surface area (Å²) in [5.74, 6) is 2.15. The fourth-order valence-corrected chi connectivity index (χ4v) is 21.1. The van der Waals surface area contributed by atoms with Crippen LogP contribution in [0.2, 0.25) is 0 Å². The third kappa shape index (κ3) is 12.5. The van der Waals surface area contributed by atoms with E-state index in [2.05, 4.69) is 382 Å². The van der Waals surface area contributed by atoms with Crippen LogP contribution in [0.25, 0.3) is 285 Å². The van der Waals surface area contributed by atoms with Gasteiger partial charge < -0.3 is 8.83 Å². The van der Waals surface area contributed by atoms with Crippen LogP contribution in [-0.4, -0.2) is 29.9 Å². The summed E-state index contributed by atoms with van der Waals surface area (Å²) in [6.07, 6.45) is 0. The Hall–Kier alpha value is -18.0. The van der Waals surface area contributed by atoms with Gasteiger partial charge in [-0.05, 0) is 195 Å². The summed E-state index contributed by atoms with van der Waals surface area (Å²) in [5.41, 5.74) is 17.6. The highest BCUT2D eigenvalue weighted by Gasteiger charge is 2.24. The van der Waals surface area contributed by atoms with Crippen LogP contribution in [-0.2, 0) is 0 Å². The van der Waals surface area contributed by atoms with Crippen molar-refractivity contribution in [1.29, 1.82) is 0 Å². The molecule has 0 radical (unpaired) electrons. The first kappa shape index (κ1) is 76.1. The second kappa shape index (κ2) is 30.9. The number of benzene rings is 24. The lowest BCUT2D eigenvalue weighted by Gasteiger charge is -2.14. The SMILES string of the molecule is c1ccc(-c2ccc(-c3nc(-c4ccc5ccc6ccc7c8ccccc8ccc7c6c5c4)nc4ccccc34)cc2)cc1.c1ccc2c(c1)ccc1c2ccc2ccc3c(-c4nc(-c5cccc6oc7ccccc7c56)c5ccccc5n4)cccc3c21.c1ccc2c(c1)ccc1ccc3c4ccc(-c5nc(-c6cccc7oc8ccccc8c67)c6ccccc6n5)cc4ccc3c12. The van der Waals surface area contributed by atoms with Crippen LogP contribution in [0.5, 0.6) is 0 Å². The molecule has 0 spiro atoms. The summed E-state index contributed by atoms with van der Waals surface area (Å²) in [4.78, 5) is 31.2. The zero-order valence-corrected chi connectivity index (χ0v) is 72.2. The van der Waals surface area contributed by atoms with Gasteiger partial charge in [-0.2, -0.15) is 0 Å². The van der Waals surface area contributed by atoms with Crippen LogP contribution < -0.4 is 0 Å². The lowest BCUT2D eigenvalue weighted by molar-refractivity contribution is 0.668. The van der Waals surface area contributed by atoms with Crippen molar-refractivity contribution in [3.8, 4) is 79.1 Å². The Bertz CT molecular complexity index is 10000. The lowest BCUT2D eigenvalue weighted by atomic mass is 9.92. The van der Waals surface area contributed by atoms with E-state index in [1.54, 1.807) is 0 Å². The molecule has 0 atom stereocenters. The second-order valence-corrected chi connectivity index (χ2v) is 34.8. The number of hydrogen-bond acceptors (Lipinski definition) is 8. The molecule has 0 aliphatic heterocycles. The molecule has 8 nitrogen and oxygen atoms in total. The first-order chi connectivity index (χ1) is 66.4. The molecular formula is C126H74N6O2. The van der Waals surface area contributed by atoms with E-state index in [4.69, 9.17) is 38.7 Å². The summed E-state index contributed by atoms with van der Waals surface area (Å²) >= 11 is 0. The van der Waals surface area contributed by atoms with E-state index in [0.29, 0.717) is 11.6 Å². The summed E-state index contributed by atoms with van der Waals surface area (Å²) < 4.78 is 12.5. The molecule has 0 aliphatic carbocycles. The largest absolute Gasteiger partial charge is 0.456 e. The second-order valence-electron chi connectivity index (χ2n) is 34.8. The molecule has 29 rings (SSSR count). The Balaban J connectivity index is 0.000000102. The standard InChI is InChI=1S/2C42H24N2O.C42H26N2/c1-2-10-27-25(9-1)19-24-31-28(27)22-20-26-21-23-29-30(39(26)31)13-7-14-32(29)42-43-36-16-5-3-11-33(36)41(44-42)35-15-8-18-38-40(35)34-12-4-6-17-37(34)45-38;1-2-9-30-25(8-1)16-17-26-18-22-31-29-21-20-28(24-27(29)19-23-32(31)39(26)30)42-43-36-13-5-3-10-33(36)41(44-42)35-12-7-15-38-40(35)34-11-4-6-14-37(34)45-38;1-2-8-27(9-3-1)28-14-19-32(20-15-28)41-37-12-6-7-13-39(37)43-42(44-41)33-21-17-30-16-18-31-23-24-35-34-11-5-4-10-29(34)22-25-36(35)40(31)38(30)26-33/h2*1-24H;1-26H. The van der Waals surface area contributed by atoms with Crippen molar-refractivity contribution in [2.45, 2.75) is 0 Å². The van der Waals surface area contributed by atoms with Gasteiger partial charge in [0.1, 0.15) is 22.3 Å². The predicted octanol–water partition coefficient (Wildman–Crippen LogP) is 34.2. The van der Waals surface area contributed by atoms with E-state index in [-0.39, 0.29) is 0 Å². The smallest absolute Gasteiger partial charge is 0.161 e. The molecule has 0 N–H and O–H groups in total. The maximum atomic E-state index is 6.26. The summed E-state index contributed by atoms with van der Waals surface area (Å²) in [7, 11) is 0. The molecule has 0 fully saturated rings. The van der Waals surface area contributed by atoms with Crippen molar-refractivity contribution in [1.82, 2.24) is 29.9 Å². The van der Waals surface area contributed by atoms with E-state index >= 15 is 0 Å². The minimum atomic E-state index is 0.708. The van der Waals surface area contributed by atoms with Crippen LogP contribution in [0.15, 0.2) is 458 Å². The Morgan fingerprint density at radius 1 is 0.134 bits per heavy atom. The average Bonchev–Trinajstić information content (AvgIpc) is 1.50. The summed E-state index contributed by atoms with van der Waals surface area (Å²) in [6.45, 7) is 0. The van der Waals surface area contributed by atoms with Gasteiger partial charge in [0.05, 0.1) is 33.6 Å². The Labute approximate surface area is 767 Å². The van der Waals surface area contributed by atoms with Gasteiger partial charge in [-0.1, -0.05) is 394 Å². The van der Waals surface area contributed by atoms with Crippen LogP contribution in [0, 0.1) is 0 Å². The van der Waals surface area contributed by atoms with Crippen molar-refractivity contribution in [2.75, 3.05) is 0 Å². The summed E-state index contributed by atoms with van der Waals surface area (Å²) in [5, 5.41) is 37.3. The highest BCUT2D eigenvalue weighted by Crippen LogP contribution is 2.47. The number of furan rings is 2. The number of para-hydroxylation sites is 5. The maximum absolute atomic E-state index is 6.26. The number of rotatable bonds is 7. The van der Waals surface area contributed by atoms with Gasteiger partial charge in [-0.15, -0.1) is 0 Å². The van der Waals surface area contributed by atoms with Crippen LogP contribution in [0.1, 0.15) is 0 Å². The Morgan fingerprint density at radius 3 is 1.01 bits per heavy atom. The third-order valence-corrected chi connectivity index (χ3v) is 27.4. The highest BCUT2D eigenvalue weighted by atomic mass is 16.3. The maximum Gasteiger partial charge on any atom is 0.161 e. The summed E-state index contributed by atoms with van der Waals surface area (Å²) in [6, 6.07) is 159. The first-order valence-electron chi connectivity index (χ1n) is 45.5. The normalized spacial score (nSPS) is 11.9. The Kier molecular flexibility index (Phi) is 17.5. The van der Waals surface area contributed by atoms with Crippen molar-refractivity contribution in [3.63, 3.8) is 0 Å². The zero-order chi connectivity index (χ0) is 88.0. The molecule has 0 saturated heterocycles. The fraction of sp³-hybridized carbons (Fsp3) is 0. The van der Waals surface area contributed by atoms with Crippen molar-refractivity contribution in [2.24, 2.45) is 0 Å². The molecular weight excluding hydrogens is 1630 g/mol. The quantitative estimate of drug-likeness (QED) is 0.145. The molecule has 0 unspecified atom stereocenters. The molecule has 24 aromatic carbocycles. The van der Waals surface area contributed by atoms with Gasteiger partial charge >= 0.3 is 0 Å². The molecule has 0 saturated carbocycles. The van der Waals surface area contributed by atoms with Crippen LogP contribution in [0.3, 0.4) is 0 Å². The van der Waals surface area contributed by atoms with E-state index in [0.717, 1.165) is 138 Å². The lowest BCUT2D eigenvalue weighted by Crippen LogP contribution is -1.96. The van der Waals surface area contributed by atoms with E-state index < -0.39 is 0 Å². The van der Waals surface area contributed by atoms with E-state index in [1.807, 2.05) is 66.7 Å². The average molecular weight is 1700 g/mol. The monoisotopic (exact) mass is 1700 g/mol. The zero-order valence-electron chi connectivity index (χ0n) is 72.2. The molecule has 134 heavy (non-hydrogen) atoms. The number of hydrogen-bond donors (Lipinski definition) is 0. The number of fused-ring (bicyclic) bond motifs is 30. The third-order valence-electron chi connectivity index (χ3n) is 27.4. The molecule has 5 heterocycles. The predicted molar refractivity (Wildman–Crippen MR) is 561 cm³/mol. The molecule has 29 aromatic rings. The number of aromatic nitrogens is 6. The molecule has 5 aromatic heterocycles. The highest BCUT2D eigenvalue weighted by molar-refractivity contribution is 6.29. The van der Waals surface area contributed by atoms with Crippen LogP contribution in [0.4, 0.5) is 0 Å². The molecule has 0 bridgehead atoms. The number of nitrogens with zero attached hydrogens (tertiary/aromatic N) is 6. The van der Waals surface area contributed by atoms with Crippen LogP contribution >= 0.6 is 0 Å². The van der Waals surface area contributed by atoms with Gasteiger partial charge in [0.2, 0.25) is 0 Å². The van der Waals surface area contributed by atoms with Gasteiger partial charge in [0.15, 0.2) is 17.5 Å². The van der Waals surface area contributed by atoms with E-state index in [1.165, 1.54) is 135 Å². The van der Waals surface area contributed by atoms with Gasteiger partial charge in [0, 0.05) is 71.1 Å².